The van der Waals surface area contributed by atoms with Crippen LogP contribution in [0.25, 0.3) is 0 Å². The third-order valence-electron chi connectivity index (χ3n) is 2.16. The van der Waals surface area contributed by atoms with Gasteiger partial charge < -0.3 is 5.73 Å². The van der Waals surface area contributed by atoms with Crippen molar-refractivity contribution in [3.63, 3.8) is 0 Å². The summed E-state index contributed by atoms with van der Waals surface area (Å²) in [6.45, 7) is 6.18. The monoisotopic (exact) mass is 155 g/mol. The van der Waals surface area contributed by atoms with E-state index in [4.69, 9.17) is 5.73 Å². The Labute approximate surface area is 68.2 Å². The van der Waals surface area contributed by atoms with Crippen molar-refractivity contribution >= 4 is 5.78 Å². The van der Waals surface area contributed by atoms with E-state index in [1.54, 1.807) is 0 Å². The van der Waals surface area contributed by atoms with Crippen LogP contribution in [-0.2, 0) is 4.79 Å². The zero-order chi connectivity index (χ0) is 8.70. The minimum absolute atomic E-state index is 0.110. The fraction of sp³-hybridized carbons (Fsp3) is 0.889. The summed E-state index contributed by atoms with van der Waals surface area (Å²) in [7, 11) is 0. The molecule has 1 aliphatic rings. The molecular weight excluding hydrogens is 138 g/mol. The van der Waals surface area contributed by atoms with Gasteiger partial charge in [-0.1, -0.05) is 13.8 Å². The lowest BCUT2D eigenvalue weighted by Gasteiger charge is -2.39. The number of nitrogens with two attached hydrogens (primary N) is 1. The molecule has 1 aliphatic carbocycles. The molecular formula is C9H17NO. The van der Waals surface area contributed by atoms with Gasteiger partial charge in [0.15, 0.2) is 0 Å². The van der Waals surface area contributed by atoms with Gasteiger partial charge in [-0.3, -0.25) is 4.79 Å². The summed E-state index contributed by atoms with van der Waals surface area (Å²) < 4.78 is 0. The van der Waals surface area contributed by atoms with Crippen LogP contribution in [0.3, 0.4) is 0 Å². The lowest BCUT2D eigenvalue weighted by atomic mass is 9.69. The zero-order valence-corrected chi connectivity index (χ0v) is 7.61. The largest absolute Gasteiger partial charge is 0.325 e. The molecule has 0 saturated heterocycles. The molecule has 0 spiro atoms. The van der Waals surface area contributed by atoms with E-state index in [1.165, 1.54) is 0 Å². The van der Waals surface area contributed by atoms with E-state index in [1.807, 2.05) is 6.92 Å². The molecule has 0 aromatic carbocycles. The van der Waals surface area contributed by atoms with Gasteiger partial charge in [0.1, 0.15) is 5.78 Å². The predicted molar refractivity (Wildman–Crippen MR) is 45.2 cm³/mol. The quantitative estimate of drug-likeness (QED) is 0.576. The van der Waals surface area contributed by atoms with Crippen LogP contribution in [0.5, 0.6) is 0 Å². The number of hydrogen-bond acceptors (Lipinski definition) is 2. The first-order valence-electron chi connectivity index (χ1n) is 4.11. The number of hydrogen-bond donors (Lipinski definition) is 1. The van der Waals surface area contributed by atoms with Crippen molar-refractivity contribution < 1.29 is 4.79 Å². The Morgan fingerprint density at radius 3 is 2.18 bits per heavy atom. The van der Waals surface area contributed by atoms with Crippen LogP contribution < -0.4 is 5.73 Å². The standard InChI is InChI=1S/C9H17NO/c1-8(2)4-7(11)5-9(3,10)6-8/h4-6,10H2,1-3H3. The first kappa shape index (κ1) is 8.72. The topological polar surface area (TPSA) is 43.1 Å². The second-order valence-electron chi connectivity index (χ2n) is 4.89. The van der Waals surface area contributed by atoms with Gasteiger partial charge >= 0.3 is 0 Å². The van der Waals surface area contributed by atoms with E-state index in [9.17, 15) is 4.79 Å². The minimum atomic E-state index is -0.265. The van der Waals surface area contributed by atoms with Crippen molar-refractivity contribution in [3.05, 3.63) is 0 Å². The van der Waals surface area contributed by atoms with Crippen LogP contribution in [0, 0.1) is 5.41 Å². The molecule has 0 amide bonds. The minimum Gasteiger partial charge on any atom is -0.325 e. The van der Waals surface area contributed by atoms with Crippen LogP contribution in [0.2, 0.25) is 0 Å². The molecule has 0 radical (unpaired) electrons. The highest BCUT2D eigenvalue weighted by atomic mass is 16.1. The number of carbonyl (C=O) groups excluding carboxylic acids is 1. The van der Waals surface area contributed by atoms with E-state index in [-0.39, 0.29) is 11.0 Å². The molecule has 2 nitrogen and oxygen atoms in total. The SMILES string of the molecule is CC1(C)CC(=O)CC(C)(N)C1. The van der Waals surface area contributed by atoms with Gasteiger partial charge in [-0.25, -0.2) is 0 Å². The lowest BCUT2D eigenvalue weighted by molar-refractivity contribution is -0.125. The normalized spacial score (nSPS) is 37.3. The van der Waals surface area contributed by atoms with Gasteiger partial charge in [0.05, 0.1) is 0 Å². The van der Waals surface area contributed by atoms with E-state index in [0.29, 0.717) is 18.6 Å². The molecule has 1 fully saturated rings. The Balaban J connectivity index is 2.74. The summed E-state index contributed by atoms with van der Waals surface area (Å²) in [4.78, 5) is 11.2. The molecule has 1 rings (SSSR count). The molecule has 1 atom stereocenters. The van der Waals surface area contributed by atoms with Crippen molar-refractivity contribution in [1.29, 1.82) is 0 Å². The van der Waals surface area contributed by atoms with Crippen LogP contribution in [-0.4, -0.2) is 11.3 Å². The lowest BCUT2D eigenvalue weighted by Crippen LogP contribution is -2.47. The highest BCUT2D eigenvalue weighted by Crippen LogP contribution is 2.37. The maximum atomic E-state index is 11.2. The second kappa shape index (κ2) is 2.31. The van der Waals surface area contributed by atoms with E-state index in [2.05, 4.69) is 13.8 Å². The van der Waals surface area contributed by atoms with E-state index < -0.39 is 0 Å². The number of Topliss-reactive ketones (excluding diaryl/α,β-unsaturated/α-hetero) is 1. The first-order chi connectivity index (χ1) is 4.81. The van der Waals surface area contributed by atoms with Gasteiger partial charge in [-0.15, -0.1) is 0 Å². The fourth-order valence-electron chi connectivity index (χ4n) is 2.26. The molecule has 0 heterocycles. The second-order valence-corrected chi connectivity index (χ2v) is 4.89. The molecule has 0 aliphatic heterocycles. The van der Waals surface area contributed by atoms with Crippen LogP contribution in [0.1, 0.15) is 40.0 Å². The zero-order valence-electron chi connectivity index (χ0n) is 7.61. The molecule has 64 valence electrons. The average Bonchev–Trinajstić information content (AvgIpc) is 1.49. The molecule has 0 aromatic rings. The van der Waals surface area contributed by atoms with Crippen LogP contribution >= 0.6 is 0 Å². The number of ketones is 1. The van der Waals surface area contributed by atoms with Gasteiger partial charge in [0, 0.05) is 18.4 Å². The molecule has 11 heavy (non-hydrogen) atoms. The van der Waals surface area contributed by atoms with Crippen molar-refractivity contribution in [2.45, 2.75) is 45.6 Å². The Morgan fingerprint density at radius 1 is 1.27 bits per heavy atom. The summed E-state index contributed by atoms with van der Waals surface area (Å²) >= 11 is 0. The smallest absolute Gasteiger partial charge is 0.135 e. The third-order valence-corrected chi connectivity index (χ3v) is 2.16. The van der Waals surface area contributed by atoms with Gasteiger partial charge in [0.25, 0.3) is 0 Å². The Bertz CT molecular complexity index is 164. The van der Waals surface area contributed by atoms with Crippen molar-refractivity contribution in [3.8, 4) is 0 Å². The molecule has 2 heteroatoms. The number of carbonyl (C=O) groups is 1. The summed E-state index contributed by atoms with van der Waals surface area (Å²) in [5.41, 5.74) is 5.77. The van der Waals surface area contributed by atoms with Crippen molar-refractivity contribution in [1.82, 2.24) is 0 Å². The highest BCUT2D eigenvalue weighted by Gasteiger charge is 2.37. The Kier molecular flexibility index (Phi) is 1.83. The summed E-state index contributed by atoms with van der Waals surface area (Å²) in [6, 6.07) is 0. The maximum Gasteiger partial charge on any atom is 0.135 e. The van der Waals surface area contributed by atoms with Gasteiger partial charge in [-0.2, -0.15) is 0 Å². The molecule has 0 aromatic heterocycles. The van der Waals surface area contributed by atoms with Gasteiger partial charge in [-0.05, 0) is 18.8 Å². The average molecular weight is 155 g/mol. The van der Waals surface area contributed by atoms with E-state index >= 15 is 0 Å². The highest BCUT2D eigenvalue weighted by molar-refractivity contribution is 5.81. The van der Waals surface area contributed by atoms with Gasteiger partial charge in [0.2, 0.25) is 0 Å². The predicted octanol–water partition coefficient (Wildman–Crippen LogP) is 1.48. The fourth-order valence-corrected chi connectivity index (χ4v) is 2.26. The summed E-state index contributed by atoms with van der Waals surface area (Å²) in [6.07, 6.45) is 2.20. The van der Waals surface area contributed by atoms with Crippen molar-refractivity contribution in [2.24, 2.45) is 11.1 Å². The summed E-state index contributed by atoms with van der Waals surface area (Å²) in [5.74, 6) is 0.311. The molecule has 1 unspecified atom stereocenters. The van der Waals surface area contributed by atoms with Crippen LogP contribution in [0.4, 0.5) is 0 Å². The Hall–Kier alpha value is -0.370. The van der Waals surface area contributed by atoms with Crippen molar-refractivity contribution in [2.75, 3.05) is 0 Å². The maximum absolute atomic E-state index is 11.2. The third kappa shape index (κ3) is 2.29. The molecule has 0 bridgehead atoms. The first-order valence-corrected chi connectivity index (χ1v) is 4.11. The number of rotatable bonds is 0. The summed E-state index contributed by atoms with van der Waals surface area (Å²) in [5, 5.41) is 0. The molecule has 2 N–H and O–H groups in total. The Morgan fingerprint density at radius 2 is 1.82 bits per heavy atom. The van der Waals surface area contributed by atoms with Crippen LogP contribution in [0.15, 0.2) is 0 Å². The molecule has 1 saturated carbocycles. The van der Waals surface area contributed by atoms with E-state index in [0.717, 1.165) is 6.42 Å².